The molecule has 0 N–H and O–H groups in total. The van der Waals surface area contributed by atoms with Crippen LogP contribution < -0.4 is 0 Å². The molecule has 140 valence electrons. The second-order valence-electron chi connectivity index (χ2n) is 7.82. The van der Waals surface area contributed by atoms with Crippen LogP contribution in [0.25, 0.3) is 0 Å². The first-order valence-corrected chi connectivity index (χ1v) is 10.1. The fourth-order valence-corrected chi connectivity index (χ4v) is 4.62. The summed E-state index contributed by atoms with van der Waals surface area (Å²) in [5, 5.41) is 4.52. The molecule has 1 saturated carbocycles. The molecule has 0 radical (unpaired) electrons. The van der Waals surface area contributed by atoms with E-state index >= 15 is 0 Å². The molecule has 5 heteroatoms. The molecule has 3 rings (SSSR count). The molecular weight excluding hydrogens is 312 g/mol. The van der Waals surface area contributed by atoms with E-state index < -0.39 is 0 Å². The Bertz CT molecular complexity index is 582. The van der Waals surface area contributed by atoms with Crippen LogP contribution in [0.4, 0.5) is 0 Å². The number of nitrogens with zero attached hydrogens (tertiary/aromatic N) is 4. The molecule has 2 aliphatic rings. The van der Waals surface area contributed by atoms with Crippen molar-refractivity contribution in [1.82, 2.24) is 19.6 Å². The van der Waals surface area contributed by atoms with Gasteiger partial charge in [-0.1, -0.05) is 19.3 Å². The van der Waals surface area contributed by atoms with E-state index in [-0.39, 0.29) is 5.92 Å². The van der Waals surface area contributed by atoms with Crippen molar-refractivity contribution in [3.05, 3.63) is 17.5 Å². The molecule has 1 saturated heterocycles. The normalized spacial score (nSPS) is 26.5. The van der Waals surface area contributed by atoms with Crippen molar-refractivity contribution in [1.29, 1.82) is 0 Å². The van der Waals surface area contributed by atoms with E-state index in [4.69, 9.17) is 0 Å². The molecule has 1 aromatic rings. The topological polar surface area (TPSA) is 41.4 Å². The van der Waals surface area contributed by atoms with Crippen LogP contribution in [0.2, 0.25) is 0 Å². The summed E-state index contributed by atoms with van der Waals surface area (Å²) in [4.78, 5) is 17.5. The molecule has 1 aromatic heterocycles. The van der Waals surface area contributed by atoms with E-state index in [9.17, 15) is 4.79 Å². The maximum Gasteiger partial charge on any atom is 0.227 e. The highest BCUT2D eigenvalue weighted by molar-refractivity contribution is 5.79. The first kappa shape index (κ1) is 18.4. The second kappa shape index (κ2) is 8.35. The number of fused-ring (bicyclic) bond motifs is 1. The molecule has 1 amide bonds. The SMILES string of the molecule is CCn1ncc(CN2CCCCCCN(C)C(=O)[C@@H]3CCC[C@@H]32)c1C. The minimum Gasteiger partial charge on any atom is -0.345 e. The highest BCUT2D eigenvalue weighted by atomic mass is 16.2. The second-order valence-corrected chi connectivity index (χ2v) is 7.82. The summed E-state index contributed by atoms with van der Waals surface area (Å²) in [7, 11) is 2.00. The fourth-order valence-electron chi connectivity index (χ4n) is 4.62. The molecule has 2 heterocycles. The van der Waals surface area contributed by atoms with E-state index in [0.29, 0.717) is 11.9 Å². The van der Waals surface area contributed by atoms with Gasteiger partial charge in [-0.2, -0.15) is 5.10 Å². The average molecular weight is 347 g/mol. The molecule has 2 fully saturated rings. The van der Waals surface area contributed by atoms with Gasteiger partial charge in [0.25, 0.3) is 0 Å². The predicted octanol–water partition coefficient (Wildman–Crippen LogP) is 3.21. The van der Waals surface area contributed by atoms with Crippen LogP contribution in [-0.2, 0) is 17.9 Å². The quantitative estimate of drug-likeness (QED) is 0.844. The van der Waals surface area contributed by atoms with Crippen molar-refractivity contribution in [2.24, 2.45) is 5.92 Å². The van der Waals surface area contributed by atoms with E-state index in [1.807, 2.05) is 18.1 Å². The highest BCUT2D eigenvalue weighted by Gasteiger charge is 2.38. The van der Waals surface area contributed by atoms with Gasteiger partial charge in [-0.15, -0.1) is 0 Å². The monoisotopic (exact) mass is 346 g/mol. The van der Waals surface area contributed by atoms with Crippen molar-refractivity contribution in [3.63, 3.8) is 0 Å². The highest BCUT2D eigenvalue weighted by Crippen LogP contribution is 2.33. The van der Waals surface area contributed by atoms with Crippen LogP contribution in [0, 0.1) is 12.8 Å². The van der Waals surface area contributed by atoms with E-state index in [2.05, 4.69) is 28.5 Å². The van der Waals surface area contributed by atoms with Gasteiger partial charge in [0.2, 0.25) is 5.91 Å². The molecule has 0 aromatic carbocycles. The Morgan fingerprint density at radius 1 is 1.12 bits per heavy atom. The number of hydrogen-bond acceptors (Lipinski definition) is 3. The van der Waals surface area contributed by atoms with Gasteiger partial charge >= 0.3 is 0 Å². The fraction of sp³-hybridized carbons (Fsp3) is 0.800. The molecule has 0 spiro atoms. The Morgan fingerprint density at radius 3 is 2.60 bits per heavy atom. The Labute approximate surface area is 152 Å². The van der Waals surface area contributed by atoms with E-state index in [0.717, 1.165) is 45.4 Å². The van der Waals surface area contributed by atoms with Crippen LogP contribution in [0.3, 0.4) is 0 Å². The summed E-state index contributed by atoms with van der Waals surface area (Å²) in [6.07, 6.45) is 10.3. The van der Waals surface area contributed by atoms with Gasteiger partial charge in [0, 0.05) is 44.0 Å². The van der Waals surface area contributed by atoms with Gasteiger partial charge in [0.05, 0.1) is 12.1 Å². The van der Waals surface area contributed by atoms with Crippen LogP contribution >= 0.6 is 0 Å². The first-order valence-electron chi connectivity index (χ1n) is 10.1. The maximum atomic E-state index is 13.0. The van der Waals surface area contributed by atoms with Crippen molar-refractivity contribution >= 4 is 5.91 Å². The number of hydrogen-bond donors (Lipinski definition) is 0. The Hall–Kier alpha value is -1.36. The maximum absolute atomic E-state index is 13.0. The van der Waals surface area contributed by atoms with Gasteiger partial charge in [0.15, 0.2) is 0 Å². The lowest BCUT2D eigenvalue weighted by molar-refractivity contribution is -0.136. The summed E-state index contributed by atoms with van der Waals surface area (Å²) >= 11 is 0. The van der Waals surface area contributed by atoms with Crippen molar-refractivity contribution < 1.29 is 4.79 Å². The number of carbonyl (C=O) groups excluding carboxylic acids is 1. The number of amides is 1. The Morgan fingerprint density at radius 2 is 1.88 bits per heavy atom. The molecule has 25 heavy (non-hydrogen) atoms. The van der Waals surface area contributed by atoms with Gasteiger partial charge in [-0.3, -0.25) is 14.4 Å². The lowest BCUT2D eigenvalue weighted by atomic mass is 9.99. The number of aromatic nitrogens is 2. The molecule has 1 aliphatic carbocycles. The third-order valence-electron chi connectivity index (χ3n) is 6.21. The smallest absolute Gasteiger partial charge is 0.227 e. The van der Waals surface area contributed by atoms with Gasteiger partial charge in [-0.25, -0.2) is 0 Å². The first-order chi connectivity index (χ1) is 12.1. The molecule has 2 atom stereocenters. The molecule has 0 unspecified atom stereocenters. The zero-order chi connectivity index (χ0) is 17.8. The Kier molecular flexibility index (Phi) is 6.15. The lowest BCUT2D eigenvalue weighted by Crippen LogP contribution is -2.44. The third kappa shape index (κ3) is 4.08. The van der Waals surface area contributed by atoms with Gasteiger partial charge in [0.1, 0.15) is 0 Å². The van der Waals surface area contributed by atoms with E-state index in [1.165, 1.54) is 36.9 Å². The molecular formula is C20H34N4O. The summed E-state index contributed by atoms with van der Waals surface area (Å²) in [6.45, 7) is 8.19. The third-order valence-corrected chi connectivity index (χ3v) is 6.21. The zero-order valence-corrected chi connectivity index (χ0v) is 16.2. The summed E-state index contributed by atoms with van der Waals surface area (Å²) in [5.41, 5.74) is 2.60. The minimum atomic E-state index is 0.185. The molecule has 5 nitrogen and oxygen atoms in total. The average Bonchev–Trinajstić information content (AvgIpc) is 3.22. The summed E-state index contributed by atoms with van der Waals surface area (Å²) in [5.74, 6) is 0.556. The van der Waals surface area contributed by atoms with Crippen molar-refractivity contribution in [2.75, 3.05) is 20.1 Å². The number of carbonyl (C=O) groups is 1. The predicted molar refractivity (Wildman–Crippen MR) is 100 cm³/mol. The van der Waals surface area contributed by atoms with E-state index in [1.54, 1.807) is 0 Å². The van der Waals surface area contributed by atoms with Crippen LogP contribution in [0.15, 0.2) is 6.20 Å². The van der Waals surface area contributed by atoms with Crippen molar-refractivity contribution in [3.8, 4) is 0 Å². The minimum absolute atomic E-state index is 0.185. The summed E-state index contributed by atoms with van der Waals surface area (Å²) < 4.78 is 2.08. The summed E-state index contributed by atoms with van der Waals surface area (Å²) in [6, 6.07) is 0.400. The van der Waals surface area contributed by atoms with Gasteiger partial charge in [-0.05, 0) is 46.1 Å². The number of aryl methyl sites for hydroxylation is 1. The van der Waals surface area contributed by atoms with Crippen LogP contribution in [0.5, 0.6) is 0 Å². The standard InChI is InChI=1S/C20H34N4O/c1-4-24-16(2)17(14-21-24)15-23-13-8-6-5-7-12-22(3)20(25)18-10-9-11-19(18)23/h14,18-19H,4-13,15H2,1-3H3/t18-,19+/m1/s1. The largest absolute Gasteiger partial charge is 0.345 e. The molecule has 0 bridgehead atoms. The lowest BCUT2D eigenvalue weighted by Gasteiger charge is -2.33. The van der Waals surface area contributed by atoms with Gasteiger partial charge < -0.3 is 4.90 Å². The number of rotatable bonds is 3. The zero-order valence-electron chi connectivity index (χ0n) is 16.2. The molecule has 1 aliphatic heterocycles. The van der Waals surface area contributed by atoms with Crippen molar-refractivity contribution in [2.45, 2.75) is 77.9 Å². The Balaban J connectivity index is 1.81. The van der Waals surface area contributed by atoms with Crippen LogP contribution in [-0.4, -0.2) is 51.7 Å². The van der Waals surface area contributed by atoms with Crippen LogP contribution in [0.1, 0.15) is 63.1 Å².